The minimum atomic E-state index is -4.41. The molecule has 3 aromatic rings. The molecule has 0 spiro atoms. The predicted octanol–water partition coefficient (Wildman–Crippen LogP) is 5.20. The number of aromatic nitrogens is 2. The fourth-order valence-electron chi connectivity index (χ4n) is 3.73. The summed E-state index contributed by atoms with van der Waals surface area (Å²) in [6.07, 6.45) is -3.29. The van der Waals surface area contributed by atoms with Crippen LogP contribution in [0.15, 0.2) is 54.6 Å². The van der Waals surface area contributed by atoms with E-state index in [1.54, 1.807) is 10.7 Å². The Labute approximate surface area is 172 Å². The number of aliphatic hydroxyl groups is 1. The molecule has 0 saturated heterocycles. The van der Waals surface area contributed by atoms with Crippen molar-refractivity contribution in [3.63, 3.8) is 0 Å². The number of alkyl halides is 3. The van der Waals surface area contributed by atoms with Crippen LogP contribution >= 0.6 is 0 Å². The monoisotopic (exact) mass is 414 g/mol. The Kier molecular flexibility index (Phi) is 5.02. The number of rotatable bonds is 3. The summed E-state index contributed by atoms with van der Waals surface area (Å²) >= 11 is 0. The highest BCUT2D eigenvalue weighted by Gasteiger charge is 2.37. The van der Waals surface area contributed by atoms with Gasteiger partial charge in [0.25, 0.3) is 0 Å². The molecule has 30 heavy (non-hydrogen) atoms. The Morgan fingerprint density at radius 1 is 1.00 bits per heavy atom. The lowest BCUT2D eigenvalue weighted by molar-refractivity contribution is -0.137. The number of carbonyl (C=O) groups is 1. The van der Waals surface area contributed by atoms with Crippen molar-refractivity contribution in [2.75, 3.05) is 0 Å². The van der Waals surface area contributed by atoms with Gasteiger partial charge in [-0.3, -0.25) is 4.79 Å². The van der Waals surface area contributed by atoms with Gasteiger partial charge in [-0.25, -0.2) is 4.68 Å². The smallest absolute Gasteiger partial charge is 0.383 e. The summed E-state index contributed by atoms with van der Waals surface area (Å²) in [7, 11) is 0. The molecule has 1 N–H and O–H groups in total. The van der Waals surface area contributed by atoms with Gasteiger partial charge in [0.1, 0.15) is 11.4 Å². The van der Waals surface area contributed by atoms with E-state index in [2.05, 4.69) is 5.10 Å². The van der Waals surface area contributed by atoms with Crippen molar-refractivity contribution in [2.24, 2.45) is 0 Å². The van der Waals surface area contributed by atoms with Gasteiger partial charge in [0.15, 0.2) is 0 Å². The van der Waals surface area contributed by atoms with E-state index in [4.69, 9.17) is 0 Å². The topological polar surface area (TPSA) is 55.1 Å². The van der Waals surface area contributed by atoms with Crippen LogP contribution in [0.25, 0.3) is 16.9 Å². The van der Waals surface area contributed by atoms with Crippen molar-refractivity contribution in [2.45, 2.75) is 44.4 Å². The molecule has 0 unspecified atom stereocenters. The molecule has 4 rings (SSSR count). The predicted molar refractivity (Wildman–Crippen MR) is 106 cm³/mol. The molecule has 7 heteroatoms. The van der Waals surface area contributed by atoms with E-state index >= 15 is 0 Å². The lowest BCUT2D eigenvalue weighted by Gasteiger charge is -2.29. The highest BCUT2D eigenvalue weighted by atomic mass is 19.4. The fraction of sp³-hybridized carbons (Fsp3) is 0.304. The van der Waals surface area contributed by atoms with Crippen molar-refractivity contribution in [3.05, 3.63) is 71.4 Å². The number of hydrogen-bond donors (Lipinski definition) is 1. The zero-order valence-electron chi connectivity index (χ0n) is 16.4. The Bertz CT molecular complexity index is 1060. The molecule has 1 aliphatic carbocycles. The molecular weight excluding hydrogens is 393 g/mol. The summed E-state index contributed by atoms with van der Waals surface area (Å²) in [6, 6.07) is 14.2. The quantitative estimate of drug-likeness (QED) is 0.641. The number of nitrogens with zero attached hydrogens (tertiary/aromatic N) is 2. The van der Waals surface area contributed by atoms with Crippen molar-refractivity contribution in [3.8, 4) is 16.9 Å². The normalized spacial score (nSPS) is 16.6. The van der Waals surface area contributed by atoms with Gasteiger partial charge in [0, 0.05) is 18.4 Å². The average Bonchev–Trinajstić information content (AvgIpc) is 3.17. The molecule has 0 aliphatic heterocycles. The minimum Gasteiger partial charge on any atom is -0.383 e. The first-order valence-corrected chi connectivity index (χ1v) is 9.75. The second-order valence-corrected chi connectivity index (χ2v) is 7.81. The Balaban J connectivity index is 1.81. The summed E-state index contributed by atoms with van der Waals surface area (Å²) in [4.78, 5) is 11.6. The number of aryl methyl sites for hydroxylation is 1. The minimum absolute atomic E-state index is 0.112. The number of hydrogen-bond acceptors (Lipinski definition) is 3. The number of Topliss-reactive ketones (excluding diaryl/α,β-unsaturated/α-hetero) is 1. The zero-order valence-corrected chi connectivity index (χ0v) is 16.4. The average molecular weight is 414 g/mol. The molecular formula is C23H21F3N2O2. The van der Waals surface area contributed by atoms with E-state index in [9.17, 15) is 23.1 Å². The molecule has 156 valence electrons. The van der Waals surface area contributed by atoms with Crippen LogP contribution < -0.4 is 0 Å². The van der Waals surface area contributed by atoms with Gasteiger partial charge in [0.05, 0.1) is 22.6 Å². The van der Waals surface area contributed by atoms with Gasteiger partial charge in [0.2, 0.25) is 0 Å². The van der Waals surface area contributed by atoms with Crippen LogP contribution in [0.2, 0.25) is 0 Å². The molecule has 2 aromatic carbocycles. The molecule has 1 fully saturated rings. The van der Waals surface area contributed by atoms with E-state index in [1.165, 1.54) is 12.1 Å². The first kappa shape index (κ1) is 20.3. The second-order valence-electron chi connectivity index (χ2n) is 7.81. The zero-order chi connectivity index (χ0) is 21.5. The molecule has 0 amide bonds. The van der Waals surface area contributed by atoms with E-state index in [0.29, 0.717) is 17.0 Å². The number of ketones is 1. The summed E-state index contributed by atoms with van der Waals surface area (Å²) in [5.74, 6) is 0.112. The molecule has 1 heterocycles. The van der Waals surface area contributed by atoms with E-state index in [0.717, 1.165) is 23.4 Å². The maximum absolute atomic E-state index is 13.0. The molecule has 4 nitrogen and oxygen atoms in total. The van der Waals surface area contributed by atoms with Gasteiger partial charge >= 0.3 is 6.18 Å². The van der Waals surface area contributed by atoms with Gasteiger partial charge in [-0.05, 0) is 50.1 Å². The maximum Gasteiger partial charge on any atom is 0.416 e. The fourth-order valence-corrected chi connectivity index (χ4v) is 3.73. The first-order chi connectivity index (χ1) is 14.2. The lowest BCUT2D eigenvalue weighted by Crippen LogP contribution is -2.32. The maximum atomic E-state index is 13.0. The number of halogens is 3. The first-order valence-electron chi connectivity index (χ1n) is 9.75. The lowest BCUT2D eigenvalue weighted by atomic mass is 9.82. The van der Waals surface area contributed by atoms with Gasteiger partial charge in [-0.2, -0.15) is 18.3 Å². The van der Waals surface area contributed by atoms with Crippen molar-refractivity contribution < 1.29 is 23.1 Å². The van der Waals surface area contributed by atoms with Gasteiger partial charge in [-0.15, -0.1) is 0 Å². The highest BCUT2D eigenvalue weighted by molar-refractivity contribution is 5.79. The molecule has 0 atom stereocenters. The SMILES string of the molecule is Cc1ccc(-n2nc(C3(O)CCC(=O)CC3)cc2-c2ccc(C(F)(F)F)cc2)cc1. The van der Waals surface area contributed by atoms with Crippen molar-refractivity contribution >= 4 is 5.78 Å². The second kappa shape index (κ2) is 7.40. The Morgan fingerprint density at radius 3 is 2.17 bits per heavy atom. The summed E-state index contributed by atoms with van der Waals surface area (Å²) in [5.41, 5.74) is 1.39. The molecule has 0 radical (unpaired) electrons. The highest BCUT2D eigenvalue weighted by Crippen LogP contribution is 2.38. The van der Waals surface area contributed by atoms with Gasteiger partial charge < -0.3 is 5.11 Å². The van der Waals surface area contributed by atoms with Crippen LogP contribution in [0.4, 0.5) is 13.2 Å². The van der Waals surface area contributed by atoms with E-state index in [-0.39, 0.29) is 31.5 Å². The van der Waals surface area contributed by atoms with E-state index < -0.39 is 17.3 Å². The summed E-state index contributed by atoms with van der Waals surface area (Å²) < 4.78 is 40.5. The van der Waals surface area contributed by atoms with Gasteiger partial charge in [-0.1, -0.05) is 29.8 Å². The van der Waals surface area contributed by atoms with Crippen LogP contribution in [0, 0.1) is 6.92 Å². The Morgan fingerprint density at radius 2 is 1.60 bits per heavy atom. The van der Waals surface area contributed by atoms with Crippen LogP contribution in [-0.2, 0) is 16.6 Å². The third kappa shape index (κ3) is 3.89. The molecule has 0 bridgehead atoms. The molecule has 1 aliphatic rings. The van der Waals surface area contributed by atoms with E-state index in [1.807, 2.05) is 31.2 Å². The van der Waals surface area contributed by atoms with Crippen LogP contribution in [0.1, 0.15) is 42.5 Å². The third-order valence-electron chi connectivity index (χ3n) is 5.61. The van der Waals surface area contributed by atoms with Crippen molar-refractivity contribution in [1.82, 2.24) is 9.78 Å². The van der Waals surface area contributed by atoms with Crippen LogP contribution in [0.3, 0.4) is 0 Å². The number of benzene rings is 2. The van der Waals surface area contributed by atoms with Crippen LogP contribution in [-0.4, -0.2) is 20.7 Å². The summed E-state index contributed by atoms with van der Waals surface area (Å²) in [5, 5.41) is 15.7. The molecule has 1 saturated carbocycles. The number of carbonyl (C=O) groups excluding carboxylic acids is 1. The Hall–Kier alpha value is -2.93. The largest absolute Gasteiger partial charge is 0.416 e. The standard InChI is InChI=1S/C23H21F3N2O2/c1-15-2-8-18(9-3-15)28-20(16-4-6-17(7-5-16)23(24,25)26)14-21(27-28)22(30)12-10-19(29)11-13-22/h2-9,14,30H,10-13H2,1H3. The van der Waals surface area contributed by atoms with Crippen molar-refractivity contribution in [1.29, 1.82) is 0 Å². The van der Waals surface area contributed by atoms with Crippen LogP contribution in [0.5, 0.6) is 0 Å². The molecule has 1 aromatic heterocycles. The summed E-state index contributed by atoms with van der Waals surface area (Å²) in [6.45, 7) is 1.96. The third-order valence-corrected chi connectivity index (χ3v) is 5.61.